The average molecular weight is 211 g/mol. The van der Waals surface area contributed by atoms with Crippen LogP contribution in [0.4, 0.5) is 0 Å². The van der Waals surface area contributed by atoms with Crippen LogP contribution in [0.3, 0.4) is 0 Å². The Hall–Kier alpha value is -1.45. The Kier molecular flexibility index (Phi) is 1.11. The second kappa shape index (κ2) is 2.29. The van der Waals surface area contributed by atoms with E-state index < -0.39 is 0 Å². The summed E-state index contributed by atoms with van der Waals surface area (Å²) in [4.78, 5) is 4.71. The Bertz CT molecular complexity index is 570. The molecule has 16 heavy (non-hydrogen) atoms. The van der Waals surface area contributed by atoms with E-state index in [0.29, 0.717) is 6.10 Å². The zero-order chi connectivity index (χ0) is 10.3. The van der Waals surface area contributed by atoms with Crippen LogP contribution in [0.15, 0.2) is 30.3 Å². The van der Waals surface area contributed by atoms with Gasteiger partial charge >= 0.3 is 0 Å². The Morgan fingerprint density at radius 2 is 1.81 bits per heavy atom. The first-order valence-electron chi connectivity index (χ1n) is 5.62. The second-order valence-electron chi connectivity index (χ2n) is 4.70. The third kappa shape index (κ3) is 0.807. The number of hydrogen-bond donors (Lipinski definition) is 0. The van der Waals surface area contributed by atoms with E-state index in [-0.39, 0.29) is 18.3 Å². The lowest BCUT2D eigenvalue weighted by Crippen LogP contribution is -2.09. The van der Waals surface area contributed by atoms with Crippen LogP contribution in [0.25, 0.3) is 10.9 Å². The Labute approximate surface area is 92.0 Å². The zero-order valence-electron chi connectivity index (χ0n) is 8.46. The molecule has 0 amide bonds. The Morgan fingerprint density at radius 3 is 2.81 bits per heavy atom. The van der Waals surface area contributed by atoms with E-state index in [0.717, 1.165) is 11.2 Å². The van der Waals surface area contributed by atoms with Gasteiger partial charge in [0.25, 0.3) is 0 Å². The van der Waals surface area contributed by atoms with E-state index in [4.69, 9.17) is 14.5 Å². The van der Waals surface area contributed by atoms with Crippen LogP contribution in [-0.2, 0) is 9.47 Å². The normalized spacial score (nSPS) is 37.5. The molecule has 78 valence electrons. The first-order valence-corrected chi connectivity index (χ1v) is 5.62. The van der Waals surface area contributed by atoms with Crippen LogP contribution in [0.5, 0.6) is 0 Å². The topological polar surface area (TPSA) is 38.0 Å². The highest BCUT2D eigenvalue weighted by Crippen LogP contribution is 2.60. The van der Waals surface area contributed by atoms with Crippen molar-refractivity contribution in [2.45, 2.75) is 24.4 Å². The molecule has 3 aliphatic rings. The van der Waals surface area contributed by atoms with Gasteiger partial charge in [0.1, 0.15) is 24.4 Å². The quantitative estimate of drug-likeness (QED) is 0.626. The third-order valence-corrected chi connectivity index (χ3v) is 3.74. The molecule has 0 N–H and O–H groups in total. The molecule has 1 aliphatic carbocycles. The van der Waals surface area contributed by atoms with Crippen LogP contribution in [0.1, 0.15) is 23.5 Å². The number of para-hydroxylation sites is 1. The van der Waals surface area contributed by atoms with Crippen LogP contribution in [0, 0.1) is 0 Å². The van der Waals surface area contributed by atoms with Crippen molar-refractivity contribution < 1.29 is 9.47 Å². The first kappa shape index (κ1) is 7.76. The summed E-state index contributed by atoms with van der Waals surface area (Å²) < 4.78 is 11.3. The van der Waals surface area contributed by atoms with Crippen LogP contribution < -0.4 is 0 Å². The van der Waals surface area contributed by atoms with Gasteiger partial charge in [0.15, 0.2) is 0 Å². The maximum absolute atomic E-state index is 5.64. The van der Waals surface area contributed by atoms with Gasteiger partial charge in [0, 0.05) is 10.9 Å². The zero-order valence-corrected chi connectivity index (χ0v) is 8.46. The molecule has 0 bridgehead atoms. The average Bonchev–Trinajstić information content (AvgIpc) is 3.16. The van der Waals surface area contributed by atoms with E-state index in [1.54, 1.807) is 0 Å². The van der Waals surface area contributed by atoms with Crippen molar-refractivity contribution in [3.63, 3.8) is 0 Å². The van der Waals surface area contributed by atoms with Gasteiger partial charge in [0.05, 0.1) is 11.2 Å². The third-order valence-electron chi connectivity index (χ3n) is 3.74. The van der Waals surface area contributed by atoms with Crippen molar-refractivity contribution in [2.75, 3.05) is 0 Å². The molecule has 1 aromatic carbocycles. The molecule has 2 aromatic rings. The monoisotopic (exact) mass is 211 g/mol. The summed E-state index contributed by atoms with van der Waals surface area (Å²) in [5.74, 6) is 0. The highest BCUT2D eigenvalue weighted by atomic mass is 16.7. The molecule has 3 heterocycles. The lowest BCUT2D eigenvalue weighted by atomic mass is 9.95. The maximum Gasteiger partial charge on any atom is 0.129 e. The van der Waals surface area contributed by atoms with Crippen molar-refractivity contribution >= 4 is 10.9 Å². The lowest BCUT2D eigenvalue weighted by Gasteiger charge is -2.09. The molecular weight excluding hydrogens is 202 g/mol. The van der Waals surface area contributed by atoms with Crippen LogP contribution >= 0.6 is 0 Å². The van der Waals surface area contributed by atoms with E-state index in [9.17, 15) is 0 Å². The number of pyridine rings is 1. The highest BCUT2D eigenvalue weighted by Gasteiger charge is 2.64. The lowest BCUT2D eigenvalue weighted by molar-refractivity contribution is 0.303. The molecule has 0 radical (unpaired) electrons. The number of hydrogen-bond acceptors (Lipinski definition) is 3. The molecule has 2 saturated heterocycles. The molecule has 0 spiro atoms. The minimum atomic E-state index is 0.198. The fourth-order valence-electron chi connectivity index (χ4n) is 2.82. The minimum absolute atomic E-state index is 0.198. The summed E-state index contributed by atoms with van der Waals surface area (Å²) in [7, 11) is 0. The number of ether oxygens (including phenoxy) is 2. The SMILES string of the molecule is c1ccc2nc3c(cc2c1)[C@H]1O[C@H]1[C@@H]1O[C@H]31. The summed E-state index contributed by atoms with van der Waals surface area (Å²) in [6.07, 6.45) is 1.03. The van der Waals surface area contributed by atoms with E-state index >= 15 is 0 Å². The molecule has 3 nitrogen and oxygen atoms in total. The molecule has 2 fully saturated rings. The predicted octanol–water partition coefficient (Wildman–Crippen LogP) is 2.13. The van der Waals surface area contributed by atoms with Crippen molar-refractivity contribution in [3.05, 3.63) is 41.6 Å². The van der Waals surface area contributed by atoms with Gasteiger partial charge in [-0.05, 0) is 12.1 Å². The summed E-state index contributed by atoms with van der Waals surface area (Å²) in [6.45, 7) is 0. The fourth-order valence-corrected chi connectivity index (χ4v) is 2.82. The number of epoxide rings is 2. The summed E-state index contributed by atoms with van der Waals surface area (Å²) in [5, 5.41) is 1.19. The number of fused-ring (bicyclic) bond motifs is 7. The van der Waals surface area contributed by atoms with Crippen LogP contribution in [-0.4, -0.2) is 17.2 Å². The fraction of sp³-hybridized carbons (Fsp3) is 0.308. The Morgan fingerprint density at radius 1 is 1.00 bits per heavy atom. The minimum Gasteiger partial charge on any atom is -0.361 e. The number of benzene rings is 1. The predicted molar refractivity (Wildman–Crippen MR) is 57.0 cm³/mol. The highest BCUT2D eigenvalue weighted by molar-refractivity contribution is 5.80. The molecule has 0 unspecified atom stereocenters. The molecule has 5 rings (SSSR count). The number of rotatable bonds is 0. The summed E-state index contributed by atoms with van der Waals surface area (Å²) >= 11 is 0. The largest absolute Gasteiger partial charge is 0.361 e. The molecule has 4 atom stereocenters. The standard InChI is InChI=1S/C13H9NO2/c1-2-4-8-6(3-1)5-7-9(14-8)11-13(16-11)12-10(7)15-12/h1-5,10-13H/t10-,11-,12-,13-/m1/s1. The van der Waals surface area contributed by atoms with E-state index in [1.165, 1.54) is 10.9 Å². The van der Waals surface area contributed by atoms with Gasteiger partial charge < -0.3 is 9.47 Å². The van der Waals surface area contributed by atoms with Gasteiger partial charge in [-0.2, -0.15) is 0 Å². The Balaban J connectivity index is 1.86. The van der Waals surface area contributed by atoms with E-state index in [2.05, 4.69) is 12.1 Å². The van der Waals surface area contributed by atoms with Gasteiger partial charge in [0.2, 0.25) is 0 Å². The first-order chi connectivity index (χ1) is 7.92. The van der Waals surface area contributed by atoms with Gasteiger partial charge in [-0.1, -0.05) is 18.2 Å². The van der Waals surface area contributed by atoms with Crippen molar-refractivity contribution in [1.82, 2.24) is 4.98 Å². The number of nitrogens with zero attached hydrogens (tertiary/aromatic N) is 1. The van der Waals surface area contributed by atoms with E-state index in [1.807, 2.05) is 18.2 Å². The van der Waals surface area contributed by atoms with Crippen LogP contribution in [0.2, 0.25) is 0 Å². The smallest absolute Gasteiger partial charge is 0.129 e. The molecular formula is C13H9NO2. The van der Waals surface area contributed by atoms with Crippen molar-refractivity contribution in [3.8, 4) is 0 Å². The molecule has 2 aliphatic heterocycles. The molecule has 0 saturated carbocycles. The van der Waals surface area contributed by atoms with Gasteiger partial charge in [-0.3, -0.25) is 0 Å². The molecule has 3 heteroatoms. The molecule has 1 aromatic heterocycles. The second-order valence-corrected chi connectivity index (χ2v) is 4.70. The van der Waals surface area contributed by atoms with Gasteiger partial charge in [-0.15, -0.1) is 0 Å². The summed E-state index contributed by atoms with van der Waals surface area (Å²) in [5.41, 5.74) is 3.39. The van der Waals surface area contributed by atoms with Gasteiger partial charge in [-0.25, -0.2) is 4.98 Å². The summed E-state index contributed by atoms with van der Waals surface area (Å²) in [6, 6.07) is 10.4. The van der Waals surface area contributed by atoms with Crippen molar-refractivity contribution in [2.24, 2.45) is 0 Å². The number of aromatic nitrogens is 1. The maximum atomic E-state index is 5.64. The van der Waals surface area contributed by atoms with Crippen molar-refractivity contribution in [1.29, 1.82) is 0 Å².